The lowest BCUT2D eigenvalue weighted by molar-refractivity contribution is 0.147. The van der Waals surface area contributed by atoms with Gasteiger partial charge in [-0.1, -0.05) is 12.1 Å². The van der Waals surface area contributed by atoms with Crippen LogP contribution in [-0.2, 0) is 11.3 Å². The molecule has 100 valence electrons. The number of fused-ring (bicyclic) bond motifs is 1. The van der Waals surface area contributed by atoms with E-state index in [4.69, 9.17) is 9.47 Å². The van der Waals surface area contributed by atoms with Crippen LogP contribution in [0.5, 0.6) is 5.75 Å². The molecule has 0 aliphatic heterocycles. The highest BCUT2D eigenvalue weighted by atomic mass is 16.5. The number of allylic oxidation sites excluding steroid dienone is 1. The van der Waals surface area contributed by atoms with Crippen molar-refractivity contribution in [2.75, 3.05) is 20.3 Å². The van der Waals surface area contributed by atoms with Gasteiger partial charge in [0.2, 0.25) is 0 Å². The van der Waals surface area contributed by atoms with Crippen LogP contribution in [0.25, 0.3) is 10.8 Å². The Morgan fingerprint density at radius 3 is 2.84 bits per heavy atom. The Morgan fingerprint density at radius 1 is 1.26 bits per heavy atom. The van der Waals surface area contributed by atoms with Crippen molar-refractivity contribution in [1.82, 2.24) is 4.57 Å². The SMILES string of the molecule is C=CCn1ccc2c(OCCOC)cccc2c1=O. The Kier molecular flexibility index (Phi) is 4.36. The molecule has 0 aliphatic carbocycles. The van der Waals surface area contributed by atoms with Gasteiger partial charge in [-0.15, -0.1) is 6.58 Å². The van der Waals surface area contributed by atoms with Crippen molar-refractivity contribution < 1.29 is 9.47 Å². The molecule has 0 radical (unpaired) electrons. The third kappa shape index (κ3) is 2.85. The molecule has 4 heteroatoms. The molecule has 19 heavy (non-hydrogen) atoms. The molecule has 0 N–H and O–H groups in total. The number of ether oxygens (including phenoxy) is 2. The highest BCUT2D eigenvalue weighted by molar-refractivity contribution is 5.87. The second kappa shape index (κ2) is 6.20. The Morgan fingerprint density at radius 2 is 2.11 bits per heavy atom. The lowest BCUT2D eigenvalue weighted by Gasteiger charge is -2.10. The number of hydrogen-bond donors (Lipinski definition) is 0. The fourth-order valence-corrected chi connectivity index (χ4v) is 1.93. The van der Waals surface area contributed by atoms with Crippen LogP contribution in [0.1, 0.15) is 0 Å². The van der Waals surface area contributed by atoms with E-state index in [2.05, 4.69) is 6.58 Å². The molecule has 0 saturated carbocycles. The molecule has 1 heterocycles. The summed E-state index contributed by atoms with van der Waals surface area (Å²) in [5, 5.41) is 1.48. The van der Waals surface area contributed by atoms with E-state index < -0.39 is 0 Å². The predicted molar refractivity (Wildman–Crippen MR) is 75.8 cm³/mol. The highest BCUT2D eigenvalue weighted by Gasteiger charge is 2.06. The third-order valence-electron chi connectivity index (χ3n) is 2.85. The fraction of sp³-hybridized carbons (Fsp3) is 0.267. The van der Waals surface area contributed by atoms with Crippen LogP contribution in [0.2, 0.25) is 0 Å². The number of nitrogens with zero attached hydrogens (tertiary/aromatic N) is 1. The van der Waals surface area contributed by atoms with Crippen LogP contribution in [0.3, 0.4) is 0 Å². The van der Waals surface area contributed by atoms with Crippen LogP contribution in [0.15, 0.2) is 47.9 Å². The second-order valence-electron chi connectivity index (χ2n) is 4.12. The summed E-state index contributed by atoms with van der Waals surface area (Å²) in [6.45, 7) is 5.13. The van der Waals surface area contributed by atoms with Crippen molar-refractivity contribution >= 4 is 10.8 Å². The molecule has 0 atom stereocenters. The number of hydrogen-bond acceptors (Lipinski definition) is 3. The van der Waals surface area contributed by atoms with Crippen molar-refractivity contribution in [3.05, 3.63) is 53.5 Å². The molecule has 2 aromatic rings. The first-order chi connectivity index (χ1) is 9.27. The normalized spacial score (nSPS) is 10.6. The lowest BCUT2D eigenvalue weighted by atomic mass is 10.1. The van der Waals surface area contributed by atoms with Crippen LogP contribution >= 0.6 is 0 Å². The van der Waals surface area contributed by atoms with E-state index in [1.165, 1.54) is 0 Å². The van der Waals surface area contributed by atoms with Crippen molar-refractivity contribution in [3.63, 3.8) is 0 Å². The molecule has 0 saturated heterocycles. The summed E-state index contributed by atoms with van der Waals surface area (Å²) in [5.74, 6) is 0.706. The van der Waals surface area contributed by atoms with Gasteiger partial charge < -0.3 is 14.0 Å². The van der Waals surface area contributed by atoms with E-state index in [1.807, 2.05) is 18.2 Å². The van der Waals surface area contributed by atoms with Crippen LogP contribution in [0.4, 0.5) is 0 Å². The van der Waals surface area contributed by atoms with E-state index in [0.717, 1.165) is 5.39 Å². The van der Waals surface area contributed by atoms with Crippen molar-refractivity contribution in [2.45, 2.75) is 6.54 Å². The quantitative estimate of drug-likeness (QED) is 0.590. The third-order valence-corrected chi connectivity index (χ3v) is 2.85. The Hall–Kier alpha value is -2.07. The lowest BCUT2D eigenvalue weighted by Crippen LogP contribution is -2.18. The van der Waals surface area contributed by atoms with E-state index in [1.54, 1.807) is 30.0 Å². The minimum atomic E-state index is -0.0328. The summed E-state index contributed by atoms with van der Waals surface area (Å²) in [5.41, 5.74) is -0.0328. The Balaban J connectivity index is 2.43. The van der Waals surface area contributed by atoms with Gasteiger partial charge in [0, 0.05) is 25.2 Å². The number of methoxy groups -OCH3 is 1. The van der Waals surface area contributed by atoms with E-state index in [-0.39, 0.29) is 5.56 Å². The van der Waals surface area contributed by atoms with E-state index in [9.17, 15) is 4.79 Å². The van der Waals surface area contributed by atoms with Gasteiger partial charge in [-0.25, -0.2) is 0 Å². The molecular formula is C15H17NO3. The smallest absolute Gasteiger partial charge is 0.258 e. The number of rotatable bonds is 6. The van der Waals surface area contributed by atoms with Gasteiger partial charge in [0.15, 0.2) is 0 Å². The first-order valence-corrected chi connectivity index (χ1v) is 6.12. The standard InChI is InChI=1S/C15H17NO3/c1-3-8-16-9-7-12-13(15(16)17)5-4-6-14(12)19-11-10-18-2/h3-7,9H,1,8,10-11H2,2H3. The minimum absolute atomic E-state index is 0.0328. The largest absolute Gasteiger partial charge is 0.491 e. The average Bonchev–Trinajstić information content (AvgIpc) is 2.43. The highest BCUT2D eigenvalue weighted by Crippen LogP contribution is 2.22. The Bertz CT molecular complexity index is 631. The monoisotopic (exact) mass is 259 g/mol. The maximum Gasteiger partial charge on any atom is 0.258 e. The molecule has 0 unspecified atom stereocenters. The maximum absolute atomic E-state index is 12.2. The summed E-state index contributed by atoms with van der Waals surface area (Å²) in [7, 11) is 1.63. The number of aromatic nitrogens is 1. The summed E-state index contributed by atoms with van der Waals surface area (Å²) < 4.78 is 12.2. The Labute approximate surface area is 111 Å². The second-order valence-corrected chi connectivity index (χ2v) is 4.12. The topological polar surface area (TPSA) is 40.5 Å². The van der Waals surface area contributed by atoms with Gasteiger partial charge in [-0.3, -0.25) is 4.79 Å². The van der Waals surface area contributed by atoms with Gasteiger partial charge in [-0.05, 0) is 18.2 Å². The molecule has 1 aromatic heterocycles. The van der Waals surface area contributed by atoms with Gasteiger partial charge in [0.25, 0.3) is 5.56 Å². The maximum atomic E-state index is 12.2. The molecule has 2 rings (SSSR count). The first-order valence-electron chi connectivity index (χ1n) is 6.12. The molecule has 0 fully saturated rings. The summed E-state index contributed by atoms with van der Waals surface area (Å²) in [6.07, 6.45) is 3.46. The van der Waals surface area contributed by atoms with Crippen molar-refractivity contribution in [3.8, 4) is 5.75 Å². The zero-order valence-electron chi connectivity index (χ0n) is 11.0. The molecule has 1 aromatic carbocycles. The minimum Gasteiger partial charge on any atom is -0.491 e. The molecule has 0 spiro atoms. The zero-order chi connectivity index (χ0) is 13.7. The van der Waals surface area contributed by atoms with Gasteiger partial charge >= 0.3 is 0 Å². The van der Waals surface area contributed by atoms with E-state index in [0.29, 0.717) is 30.9 Å². The molecule has 0 aliphatic rings. The zero-order valence-corrected chi connectivity index (χ0v) is 11.0. The van der Waals surface area contributed by atoms with Crippen molar-refractivity contribution in [2.24, 2.45) is 0 Å². The molecular weight excluding hydrogens is 242 g/mol. The van der Waals surface area contributed by atoms with Gasteiger partial charge in [0.05, 0.1) is 12.0 Å². The average molecular weight is 259 g/mol. The predicted octanol–water partition coefficient (Wildman–Crippen LogP) is 2.21. The van der Waals surface area contributed by atoms with Crippen LogP contribution in [-0.4, -0.2) is 24.9 Å². The number of benzene rings is 1. The summed E-state index contributed by atoms with van der Waals surface area (Å²) in [6, 6.07) is 7.38. The fourth-order valence-electron chi connectivity index (χ4n) is 1.93. The van der Waals surface area contributed by atoms with Crippen LogP contribution in [0, 0.1) is 0 Å². The molecule has 4 nitrogen and oxygen atoms in total. The van der Waals surface area contributed by atoms with Crippen molar-refractivity contribution in [1.29, 1.82) is 0 Å². The van der Waals surface area contributed by atoms with Crippen LogP contribution < -0.4 is 10.3 Å². The first kappa shape index (κ1) is 13.4. The number of pyridine rings is 1. The molecule has 0 amide bonds. The van der Waals surface area contributed by atoms with Gasteiger partial charge in [-0.2, -0.15) is 0 Å². The van der Waals surface area contributed by atoms with Gasteiger partial charge in [0.1, 0.15) is 12.4 Å². The summed E-state index contributed by atoms with van der Waals surface area (Å²) >= 11 is 0. The summed E-state index contributed by atoms with van der Waals surface area (Å²) in [4.78, 5) is 12.2. The van der Waals surface area contributed by atoms with E-state index >= 15 is 0 Å². The molecule has 0 bridgehead atoms.